The molecule has 4 nitrogen and oxygen atoms in total. The maximum absolute atomic E-state index is 4.94. The number of aromatic nitrogens is 1. The molecule has 0 spiro atoms. The number of aryl methyl sites for hydroxylation is 1. The van der Waals surface area contributed by atoms with E-state index in [-0.39, 0.29) is 0 Å². The van der Waals surface area contributed by atoms with Gasteiger partial charge >= 0.3 is 0 Å². The summed E-state index contributed by atoms with van der Waals surface area (Å²) in [4.78, 5) is 7.33. The molecular formula is C42H58N4. The van der Waals surface area contributed by atoms with E-state index in [1.54, 1.807) is 0 Å². The number of aliphatic imine (C=N–C) groups is 1. The van der Waals surface area contributed by atoms with E-state index < -0.39 is 0 Å². The van der Waals surface area contributed by atoms with E-state index in [9.17, 15) is 0 Å². The van der Waals surface area contributed by atoms with Crippen LogP contribution in [0.25, 0.3) is 34.2 Å². The zero-order valence-corrected chi connectivity index (χ0v) is 29.5. The fourth-order valence-electron chi connectivity index (χ4n) is 6.50. The molecule has 0 amide bonds. The number of hydrogen-bond donors (Lipinski definition) is 1. The Bertz CT molecular complexity index is 1640. The summed E-state index contributed by atoms with van der Waals surface area (Å²) in [7, 11) is 2.19. The first-order valence-electron chi connectivity index (χ1n) is 18.0. The summed E-state index contributed by atoms with van der Waals surface area (Å²) >= 11 is 0. The first-order valence-corrected chi connectivity index (χ1v) is 18.0. The number of fused-ring (bicyclic) bond motifs is 1. The van der Waals surface area contributed by atoms with Crippen LogP contribution in [-0.4, -0.2) is 35.4 Å². The van der Waals surface area contributed by atoms with Gasteiger partial charge in [0.2, 0.25) is 0 Å². The maximum Gasteiger partial charge on any atom is 0.103 e. The van der Waals surface area contributed by atoms with Gasteiger partial charge in [0.25, 0.3) is 0 Å². The quantitative estimate of drug-likeness (QED) is 0.134. The molecule has 3 aromatic carbocycles. The Morgan fingerprint density at radius 1 is 0.891 bits per heavy atom. The van der Waals surface area contributed by atoms with E-state index in [0.29, 0.717) is 6.04 Å². The molecule has 5 rings (SSSR count). The molecule has 1 saturated carbocycles. The number of nitrogens with zero attached hydrogens (tertiary/aromatic N) is 3. The summed E-state index contributed by atoms with van der Waals surface area (Å²) < 4.78 is 2.55. The lowest BCUT2D eigenvalue weighted by Gasteiger charge is -2.23. The van der Waals surface area contributed by atoms with Crippen molar-refractivity contribution in [3.8, 4) is 11.1 Å². The minimum absolute atomic E-state index is 0.572. The Hall–Kier alpha value is -3.63. The van der Waals surface area contributed by atoms with Crippen LogP contribution in [0.3, 0.4) is 0 Å². The third-order valence-electron chi connectivity index (χ3n) is 9.11. The standard InChI is InChI=1S/C34H39N3.C8H19N/c1-4-11-34-32(23-35-25(3)36-30-21-20-27-12-9-10-13-29(27)22-30)33(28-18-16-26(5-2)17-19-28)24-37(34)31-14-7-6-8-15-31;1-4-6-8-9(3)7-5-2/h9-13,16-24,31H,4-8,14-15H2,1-3H3,(H,35,36);4-8H2,1-3H3/b32-23-,34-11-;. The SMILES string of the molecule is CC/C=c1/c(=C\N=C(C)Nc2ccc3ccccc3c2)c(-c2ccc(CC)cc2)cn1C1CCCCC1.CCCCN(C)CCC. The van der Waals surface area contributed by atoms with Gasteiger partial charge < -0.3 is 14.8 Å². The lowest BCUT2D eigenvalue weighted by Crippen LogP contribution is -2.32. The van der Waals surface area contributed by atoms with Crippen LogP contribution in [0.1, 0.15) is 104 Å². The van der Waals surface area contributed by atoms with Crippen molar-refractivity contribution in [2.75, 3.05) is 25.5 Å². The Kier molecular flexibility index (Phi) is 14.2. The number of nitrogens with one attached hydrogen (secondary N) is 1. The topological polar surface area (TPSA) is 32.6 Å². The molecule has 1 N–H and O–H groups in total. The van der Waals surface area contributed by atoms with Crippen molar-refractivity contribution >= 4 is 34.6 Å². The van der Waals surface area contributed by atoms with Crippen molar-refractivity contribution < 1.29 is 0 Å². The summed E-state index contributed by atoms with van der Waals surface area (Å²) in [6.45, 7) is 13.5. The first-order chi connectivity index (χ1) is 22.5. The average molecular weight is 619 g/mol. The van der Waals surface area contributed by atoms with Gasteiger partial charge in [-0.2, -0.15) is 0 Å². The molecule has 0 atom stereocenters. The molecular weight excluding hydrogens is 560 g/mol. The van der Waals surface area contributed by atoms with Crippen molar-refractivity contribution in [1.29, 1.82) is 0 Å². The Morgan fingerprint density at radius 3 is 2.30 bits per heavy atom. The van der Waals surface area contributed by atoms with Gasteiger partial charge in [-0.15, -0.1) is 0 Å². The lowest BCUT2D eigenvalue weighted by atomic mass is 9.95. The third kappa shape index (κ3) is 9.93. The van der Waals surface area contributed by atoms with Crippen molar-refractivity contribution in [2.45, 2.75) is 105 Å². The van der Waals surface area contributed by atoms with Crippen molar-refractivity contribution in [1.82, 2.24) is 9.47 Å². The second-order valence-corrected chi connectivity index (χ2v) is 12.9. The van der Waals surface area contributed by atoms with Crippen LogP contribution < -0.4 is 15.9 Å². The smallest absolute Gasteiger partial charge is 0.103 e. The summed E-state index contributed by atoms with van der Waals surface area (Å²) in [6.07, 6.45) is 19.4. The average Bonchev–Trinajstić information content (AvgIpc) is 3.45. The van der Waals surface area contributed by atoms with E-state index >= 15 is 0 Å². The molecule has 0 saturated heterocycles. The van der Waals surface area contributed by atoms with E-state index in [4.69, 9.17) is 4.99 Å². The maximum atomic E-state index is 4.94. The highest BCUT2D eigenvalue weighted by molar-refractivity contribution is 5.97. The van der Waals surface area contributed by atoms with Gasteiger partial charge in [0.15, 0.2) is 0 Å². The van der Waals surface area contributed by atoms with Crippen molar-refractivity contribution in [2.24, 2.45) is 4.99 Å². The fourth-order valence-corrected chi connectivity index (χ4v) is 6.50. The molecule has 0 aliphatic heterocycles. The summed E-state index contributed by atoms with van der Waals surface area (Å²) in [5.41, 5.74) is 4.97. The van der Waals surface area contributed by atoms with Crippen molar-refractivity contribution in [3.05, 3.63) is 89.1 Å². The van der Waals surface area contributed by atoms with E-state index in [1.807, 2.05) is 6.92 Å². The minimum atomic E-state index is 0.572. The molecule has 1 fully saturated rings. The van der Waals surface area contributed by atoms with Crippen LogP contribution in [0.2, 0.25) is 0 Å². The van der Waals surface area contributed by atoms with Gasteiger partial charge in [-0.1, -0.05) is 114 Å². The summed E-state index contributed by atoms with van der Waals surface area (Å²) in [6, 6.07) is 24.6. The second-order valence-electron chi connectivity index (χ2n) is 12.9. The molecule has 4 aromatic rings. The Balaban J connectivity index is 0.000000468. The molecule has 1 heterocycles. The highest BCUT2D eigenvalue weighted by Gasteiger charge is 2.18. The highest BCUT2D eigenvalue weighted by atomic mass is 15.1. The Labute approximate surface area is 279 Å². The molecule has 1 aliphatic rings. The van der Waals surface area contributed by atoms with Crippen LogP contribution in [0.15, 0.2) is 77.9 Å². The third-order valence-corrected chi connectivity index (χ3v) is 9.11. The van der Waals surface area contributed by atoms with Crippen LogP contribution in [0.4, 0.5) is 5.69 Å². The fraction of sp³-hybridized carbons (Fsp3) is 0.452. The monoisotopic (exact) mass is 618 g/mol. The van der Waals surface area contributed by atoms with Crippen LogP contribution in [0, 0.1) is 0 Å². The molecule has 0 radical (unpaired) electrons. The number of benzene rings is 3. The largest absolute Gasteiger partial charge is 0.344 e. The second kappa shape index (κ2) is 18.5. The lowest BCUT2D eigenvalue weighted by molar-refractivity contribution is 0.329. The molecule has 46 heavy (non-hydrogen) atoms. The Morgan fingerprint density at radius 2 is 1.63 bits per heavy atom. The first kappa shape index (κ1) is 35.2. The number of rotatable bonds is 11. The molecule has 1 aliphatic carbocycles. The number of amidine groups is 1. The zero-order valence-electron chi connectivity index (χ0n) is 29.5. The van der Waals surface area contributed by atoms with Crippen LogP contribution in [-0.2, 0) is 6.42 Å². The molecule has 0 unspecified atom stereocenters. The van der Waals surface area contributed by atoms with Crippen LogP contribution >= 0.6 is 0 Å². The van der Waals surface area contributed by atoms with Gasteiger partial charge in [-0.3, -0.25) is 0 Å². The summed E-state index contributed by atoms with van der Waals surface area (Å²) in [5.74, 6) is 0.885. The van der Waals surface area contributed by atoms with E-state index in [2.05, 4.69) is 135 Å². The van der Waals surface area contributed by atoms with Gasteiger partial charge in [-0.05, 0) is 99.6 Å². The number of unbranched alkanes of at least 4 members (excludes halogenated alkanes) is 1. The predicted octanol–water partition coefficient (Wildman–Crippen LogP) is 9.96. The van der Waals surface area contributed by atoms with Crippen LogP contribution in [0.5, 0.6) is 0 Å². The zero-order chi connectivity index (χ0) is 32.7. The molecule has 1 aromatic heterocycles. The minimum Gasteiger partial charge on any atom is -0.344 e. The summed E-state index contributed by atoms with van der Waals surface area (Å²) in [5, 5.41) is 8.51. The van der Waals surface area contributed by atoms with Gasteiger partial charge in [-0.25, -0.2) is 4.99 Å². The molecule has 4 heteroatoms. The van der Waals surface area contributed by atoms with E-state index in [0.717, 1.165) is 24.4 Å². The van der Waals surface area contributed by atoms with E-state index in [1.165, 1.54) is 102 Å². The van der Waals surface area contributed by atoms with Gasteiger partial charge in [0.05, 0.1) is 0 Å². The van der Waals surface area contributed by atoms with Crippen molar-refractivity contribution in [3.63, 3.8) is 0 Å². The number of hydrogen-bond acceptors (Lipinski definition) is 2. The predicted molar refractivity (Wildman–Crippen MR) is 203 cm³/mol. The normalized spacial score (nSPS) is 15.0. The van der Waals surface area contributed by atoms with Gasteiger partial charge in [0, 0.05) is 40.3 Å². The molecule has 0 bridgehead atoms. The molecule has 246 valence electrons. The number of anilines is 1. The van der Waals surface area contributed by atoms with Gasteiger partial charge in [0.1, 0.15) is 5.84 Å². The highest BCUT2D eigenvalue weighted by Crippen LogP contribution is 2.28.